The maximum atomic E-state index is 13.6. The number of nitrogens with one attached hydrogen (secondary N) is 1. The van der Waals surface area contributed by atoms with Crippen LogP contribution >= 0.6 is 0 Å². The highest BCUT2D eigenvalue weighted by Gasteiger charge is 2.31. The van der Waals surface area contributed by atoms with E-state index in [0.29, 0.717) is 18.6 Å². The zero-order valence-corrected chi connectivity index (χ0v) is 14.5. The minimum Gasteiger partial charge on any atom is -0.361 e. The Labute approximate surface area is 155 Å². The first kappa shape index (κ1) is 19.5. The van der Waals surface area contributed by atoms with Crippen molar-refractivity contribution in [3.05, 3.63) is 70.7 Å². The zero-order chi connectivity index (χ0) is 20.4. The molecule has 0 atom stereocenters. The molecule has 146 valence electrons. The number of carbonyl (C=O) groups is 1. The number of hydrogen-bond donors (Lipinski definition) is 1. The summed E-state index contributed by atoms with van der Waals surface area (Å²) in [7, 11) is 0. The highest BCUT2D eigenvalue weighted by molar-refractivity contribution is 5.91. The monoisotopic (exact) mass is 396 g/mol. The second-order valence-electron chi connectivity index (χ2n) is 6.01. The van der Waals surface area contributed by atoms with Crippen LogP contribution in [0.15, 0.2) is 35.6 Å². The number of para-hydroxylation sites is 1. The van der Waals surface area contributed by atoms with E-state index in [2.05, 4.69) is 15.0 Å². The second-order valence-corrected chi connectivity index (χ2v) is 6.01. The summed E-state index contributed by atoms with van der Waals surface area (Å²) in [4.78, 5) is 19.2. The number of aryl methyl sites for hydroxylation is 1. The van der Waals surface area contributed by atoms with Crippen LogP contribution in [0.5, 0.6) is 0 Å². The zero-order valence-electron chi connectivity index (χ0n) is 14.5. The smallest absolute Gasteiger partial charge is 0.361 e. The summed E-state index contributed by atoms with van der Waals surface area (Å²) in [5, 5.41) is 4.44. The molecule has 0 aliphatic rings. The number of hydrogen-bond acceptors (Lipinski definition) is 3. The third-order valence-corrected chi connectivity index (χ3v) is 4.13. The molecule has 2 aromatic carbocycles. The highest BCUT2D eigenvalue weighted by Crippen LogP contribution is 2.24. The molecule has 3 aromatic rings. The number of halogens is 5. The van der Waals surface area contributed by atoms with Crippen molar-refractivity contribution in [3.8, 4) is 0 Å². The Balaban J connectivity index is 1.71. The molecule has 28 heavy (non-hydrogen) atoms. The van der Waals surface area contributed by atoms with E-state index in [-0.39, 0.29) is 0 Å². The topological polar surface area (TPSA) is 54.4 Å². The van der Waals surface area contributed by atoms with Crippen molar-refractivity contribution >= 4 is 22.6 Å². The lowest BCUT2D eigenvalue weighted by Crippen LogP contribution is -2.14. The number of oxime groups is 1. The van der Waals surface area contributed by atoms with Crippen molar-refractivity contribution in [1.29, 1.82) is 0 Å². The van der Waals surface area contributed by atoms with Crippen molar-refractivity contribution in [2.24, 2.45) is 5.16 Å². The van der Waals surface area contributed by atoms with Gasteiger partial charge in [-0.05, 0) is 31.4 Å². The summed E-state index contributed by atoms with van der Waals surface area (Å²) in [5.41, 5.74) is 0.535. The summed E-state index contributed by atoms with van der Waals surface area (Å²) < 4.78 is 66.5. The summed E-state index contributed by atoms with van der Waals surface area (Å²) >= 11 is 0. The number of nitrogens with zero attached hydrogens (tertiary/aromatic N) is 1. The van der Waals surface area contributed by atoms with Crippen molar-refractivity contribution < 1.29 is 31.6 Å². The van der Waals surface area contributed by atoms with Gasteiger partial charge in [-0.15, -0.1) is 0 Å². The average molecular weight is 396 g/mol. The van der Waals surface area contributed by atoms with Gasteiger partial charge >= 0.3 is 5.97 Å². The van der Waals surface area contributed by atoms with Gasteiger partial charge in [0, 0.05) is 17.1 Å². The Bertz CT molecular complexity index is 1060. The molecule has 0 unspecified atom stereocenters. The van der Waals surface area contributed by atoms with Gasteiger partial charge in [-0.2, -0.15) is 0 Å². The van der Waals surface area contributed by atoms with Gasteiger partial charge in [0.2, 0.25) is 5.82 Å². The van der Waals surface area contributed by atoms with Crippen molar-refractivity contribution in [2.75, 3.05) is 0 Å². The summed E-state index contributed by atoms with van der Waals surface area (Å²) in [6.07, 6.45) is 2.68. The maximum absolute atomic E-state index is 13.6. The summed E-state index contributed by atoms with van der Waals surface area (Å²) in [5.74, 6) is -13.1. The quantitative estimate of drug-likeness (QED) is 0.164. The van der Waals surface area contributed by atoms with Crippen LogP contribution in [0.4, 0.5) is 22.0 Å². The predicted molar refractivity (Wildman–Crippen MR) is 91.4 cm³/mol. The minimum atomic E-state index is -2.36. The Morgan fingerprint density at radius 1 is 1.00 bits per heavy atom. The molecule has 0 spiro atoms. The molecular weight excluding hydrogens is 383 g/mol. The lowest BCUT2D eigenvalue weighted by atomic mass is 10.1. The molecule has 0 fully saturated rings. The Kier molecular flexibility index (Phi) is 5.43. The number of rotatable bonds is 5. The molecule has 0 saturated carbocycles. The van der Waals surface area contributed by atoms with Gasteiger partial charge in [-0.1, -0.05) is 23.4 Å². The van der Waals surface area contributed by atoms with Crippen LogP contribution in [0.2, 0.25) is 0 Å². The molecule has 0 aliphatic heterocycles. The molecule has 0 amide bonds. The van der Waals surface area contributed by atoms with Gasteiger partial charge in [0.1, 0.15) is 5.56 Å². The fourth-order valence-electron chi connectivity index (χ4n) is 2.65. The Morgan fingerprint density at radius 3 is 2.29 bits per heavy atom. The lowest BCUT2D eigenvalue weighted by molar-refractivity contribution is 0.0500. The number of benzene rings is 2. The number of H-pyrrole nitrogens is 1. The lowest BCUT2D eigenvalue weighted by Gasteiger charge is -2.06. The van der Waals surface area contributed by atoms with Crippen molar-refractivity contribution in [2.45, 2.75) is 19.8 Å². The number of aromatic nitrogens is 1. The van der Waals surface area contributed by atoms with E-state index in [1.54, 1.807) is 0 Å². The third kappa shape index (κ3) is 3.60. The molecule has 0 radical (unpaired) electrons. The van der Waals surface area contributed by atoms with E-state index in [0.717, 1.165) is 16.5 Å². The molecule has 0 aliphatic carbocycles. The third-order valence-electron chi connectivity index (χ3n) is 4.13. The predicted octanol–water partition coefficient (Wildman–Crippen LogP) is 5.03. The van der Waals surface area contributed by atoms with Gasteiger partial charge in [0.25, 0.3) is 0 Å². The van der Waals surface area contributed by atoms with Crippen LogP contribution in [0.25, 0.3) is 10.9 Å². The van der Waals surface area contributed by atoms with Crippen LogP contribution in [-0.2, 0) is 11.3 Å². The maximum Gasteiger partial charge on any atom is 0.371 e. The van der Waals surface area contributed by atoms with Crippen LogP contribution in [-0.4, -0.2) is 16.7 Å². The van der Waals surface area contributed by atoms with Crippen molar-refractivity contribution in [3.63, 3.8) is 0 Å². The number of aromatic amines is 1. The van der Waals surface area contributed by atoms with Crippen LogP contribution in [0, 0.1) is 29.1 Å². The van der Waals surface area contributed by atoms with Crippen LogP contribution < -0.4 is 0 Å². The molecule has 4 nitrogen and oxygen atoms in total. The largest absolute Gasteiger partial charge is 0.371 e. The summed E-state index contributed by atoms with van der Waals surface area (Å²) in [6.45, 7) is 1.50. The minimum absolute atomic E-state index is 0.294. The molecule has 0 saturated heterocycles. The highest BCUT2D eigenvalue weighted by atomic mass is 19.2. The van der Waals surface area contributed by atoms with Gasteiger partial charge in [-0.25, -0.2) is 26.7 Å². The molecule has 9 heteroatoms. The van der Waals surface area contributed by atoms with Crippen LogP contribution in [0.3, 0.4) is 0 Å². The summed E-state index contributed by atoms with van der Waals surface area (Å²) in [6, 6.07) is 7.60. The first-order valence-electron chi connectivity index (χ1n) is 8.12. The molecule has 1 aromatic heterocycles. The van der Waals surface area contributed by atoms with Crippen molar-refractivity contribution in [1.82, 2.24) is 4.98 Å². The van der Waals surface area contributed by atoms with E-state index in [1.807, 2.05) is 30.5 Å². The molecule has 1 N–H and O–H groups in total. The fraction of sp³-hybridized carbons (Fsp3) is 0.158. The SMILES string of the molecule is C/C(CCc1c[nH]c2ccccc12)=N\OC(=O)c1c(F)c(F)c(F)c(F)c1F. The number of carbonyl (C=O) groups excluding carboxylic acids is 1. The van der Waals surface area contributed by atoms with E-state index >= 15 is 0 Å². The average Bonchev–Trinajstić information content (AvgIpc) is 3.11. The number of fused-ring (bicyclic) bond motifs is 1. The standard InChI is InChI=1S/C19H13F5N2O2/c1-9(6-7-10-8-25-12-5-3-2-4-11(10)12)26-28-19(27)13-14(20)16(22)18(24)17(23)15(13)21/h2-5,8,25H,6-7H2,1H3/b26-9+. The normalized spacial score (nSPS) is 11.9. The van der Waals surface area contributed by atoms with E-state index < -0.39 is 40.6 Å². The van der Waals surface area contributed by atoms with Gasteiger partial charge in [0.05, 0.1) is 5.71 Å². The van der Waals surface area contributed by atoms with E-state index in [1.165, 1.54) is 6.92 Å². The fourth-order valence-corrected chi connectivity index (χ4v) is 2.65. The van der Waals surface area contributed by atoms with E-state index in [4.69, 9.17) is 0 Å². The molecule has 3 rings (SSSR count). The first-order valence-corrected chi connectivity index (χ1v) is 8.12. The molecule has 1 heterocycles. The Morgan fingerprint density at radius 2 is 1.61 bits per heavy atom. The van der Waals surface area contributed by atoms with Gasteiger partial charge in [-0.3, -0.25) is 0 Å². The molecule has 0 bridgehead atoms. The van der Waals surface area contributed by atoms with Gasteiger partial charge < -0.3 is 9.82 Å². The van der Waals surface area contributed by atoms with E-state index in [9.17, 15) is 26.7 Å². The van der Waals surface area contributed by atoms with Gasteiger partial charge in [0.15, 0.2) is 23.3 Å². The van der Waals surface area contributed by atoms with Crippen LogP contribution in [0.1, 0.15) is 29.3 Å². The Hall–Kier alpha value is -3.23. The molecular formula is C19H13F5N2O2. The second kappa shape index (κ2) is 7.79. The first-order chi connectivity index (χ1) is 13.3.